The van der Waals surface area contributed by atoms with E-state index in [1.807, 2.05) is 43.3 Å². The highest BCUT2D eigenvalue weighted by molar-refractivity contribution is 6.00. The lowest BCUT2D eigenvalue weighted by atomic mass is 10.0. The van der Waals surface area contributed by atoms with Crippen LogP contribution < -0.4 is 20.9 Å². The quantitative estimate of drug-likeness (QED) is 0.0859. The van der Waals surface area contributed by atoms with Gasteiger partial charge in [0.2, 0.25) is 5.91 Å². The third-order valence-corrected chi connectivity index (χ3v) is 8.83. The molecule has 0 aromatic heterocycles. The van der Waals surface area contributed by atoms with Crippen molar-refractivity contribution in [3.8, 4) is 16.9 Å². The maximum Gasteiger partial charge on any atom is 0.416 e. The number of carbonyl (C=O) groups is 5. The zero-order valence-corrected chi connectivity index (χ0v) is 33.0. The van der Waals surface area contributed by atoms with E-state index in [4.69, 9.17) is 9.47 Å². The van der Waals surface area contributed by atoms with E-state index in [2.05, 4.69) is 16.2 Å². The number of alkyl halides is 3. The van der Waals surface area contributed by atoms with Crippen molar-refractivity contribution in [2.24, 2.45) is 0 Å². The van der Waals surface area contributed by atoms with E-state index >= 15 is 0 Å². The Morgan fingerprint density at radius 2 is 1.20 bits per heavy atom. The second kappa shape index (κ2) is 18.5. The molecule has 0 aliphatic heterocycles. The lowest BCUT2D eigenvalue weighted by Gasteiger charge is -2.25. The Hall–Kier alpha value is -6.96. The highest BCUT2D eigenvalue weighted by Crippen LogP contribution is 2.35. The predicted octanol–water partition coefficient (Wildman–Crippen LogP) is 7.93. The summed E-state index contributed by atoms with van der Waals surface area (Å²) in [6.07, 6.45) is -5.27. The van der Waals surface area contributed by atoms with Crippen LogP contribution in [0.4, 0.5) is 18.9 Å². The highest BCUT2D eigenvalue weighted by atomic mass is 19.4. The number of hydrogen-bond donors (Lipinski definition) is 3. The lowest BCUT2D eigenvalue weighted by molar-refractivity contribution is -0.155. The predicted molar refractivity (Wildman–Crippen MR) is 215 cm³/mol. The maximum absolute atomic E-state index is 13.8. The molecule has 0 fully saturated rings. The number of ether oxygens (including phenoxy) is 2. The van der Waals surface area contributed by atoms with E-state index in [-0.39, 0.29) is 34.7 Å². The van der Waals surface area contributed by atoms with E-state index in [0.717, 1.165) is 22.8 Å². The third-order valence-electron chi connectivity index (χ3n) is 8.83. The number of methoxy groups -OCH3 is 1. The average molecular weight is 809 g/mol. The molecule has 0 saturated carbocycles. The first-order chi connectivity index (χ1) is 27.9. The van der Waals surface area contributed by atoms with Crippen molar-refractivity contribution in [1.82, 2.24) is 15.8 Å². The minimum atomic E-state index is -4.70. The number of benzene rings is 5. The summed E-state index contributed by atoms with van der Waals surface area (Å²) in [6.45, 7) is 6.60. The van der Waals surface area contributed by atoms with Gasteiger partial charge in [0.05, 0.1) is 19.1 Å². The number of carbonyl (C=O) groups excluding carboxylic acids is 5. The Kier molecular flexibility index (Phi) is 13.6. The van der Waals surface area contributed by atoms with Gasteiger partial charge in [-0.1, -0.05) is 60.2 Å². The van der Waals surface area contributed by atoms with Crippen LogP contribution in [0.25, 0.3) is 11.1 Å². The van der Waals surface area contributed by atoms with Crippen molar-refractivity contribution < 1.29 is 46.6 Å². The second-order valence-electron chi connectivity index (χ2n) is 14.6. The smallest absolute Gasteiger partial charge is 0.416 e. The van der Waals surface area contributed by atoms with Crippen molar-refractivity contribution in [3.05, 3.63) is 154 Å². The van der Waals surface area contributed by atoms with Crippen LogP contribution in [-0.2, 0) is 33.5 Å². The SMILES string of the molecule is COc1ccc(CC(=O)Nc2ccc(C(=O)N(CC(=O)OC(C)(C)C)Cc3ccc(C(=O)NNC(=O)c4ccc(-c5ccc(C)cc5)cc4)cc3)cc2)c(C(F)(F)F)c1. The number of aryl methyl sites for hydroxylation is 1. The van der Waals surface area contributed by atoms with Crippen molar-refractivity contribution in [3.63, 3.8) is 0 Å². The van der Waals surface area contributed by atoms with Gasteiger partial charge in [0.25, 0.3) is 17.7 Å². The first-order valence-corrected chi connectivity index (χ1v) is 18.4. The van der Waals surface area contributed by atoms with Crippen LogP contribution >= 0.6 is 0 Å². The fraction of sp³-hybridized carbons (Fsp3) is 0.222. The summed E-state index contributed by atoms with van der Waals surface area (Å²) in [5, 5.41) is 2.55. The molecular formula is C45H43F3N4O7. The van der Waals surface area contributed by atoms with E-state index < -0.39 is 59.9 Å². The molecule has 14 heteroatoms. The maximum atomic E-state index is 13.8. The van der Waals surface area contributed by atoms with Gasteiger partial charge in [-0.15, -0.1) is 0 Å². The van der Waals surface area contributed by atoms with Gasteiger partial charge in [-0.05, 0) is 111 Å². The molecule has 11 nitrogen and oxygen atoms in total. The summed E-state index contributed by atoms with van der Waals surface area (Å²) in [7, 11) is 1.24. The summed E-state index contributed by atoms with van der Waals surface area (Å²) >= 11 is 0. The van der Waals surface area contributed by atoms with Gasteiger partial charge in [-0.25, -0.2) is 0 Å². The molecule has 5 aromatic rings. The number of hydrazine groups is 1. The standard InChI is InChI=1S/C45H43F3N4O7/c1-28-6-10-30(11-7-28)31-14-16-33(17-15-31)42(56)51-50-41(55)32-12-8-29(9-13-32)26-52(27-40(54)59-44(2,3)4)43(57)34-18-21-36(22-19-34)49-39(53)24-35-20-23-37(58-5)25-38(35)45(46,47)48/h6-23,25H,24,26-27H2,1-5H3,(H,49,53)(H,50,55)(H,51,56). The Bertz CT molecular complexity index is 2300. The number of nitrogens with one attached hydrogen (secondary N) is 3. The number of rotatable bonds is 12. The largest absolute Gasteiger partial charge is 0.497 e. The van der Waals surface area contributed by atoms with E-state index in [0.29, 0.717) is 11.1 Å². The number of hydrogen-bond acceptors (Lipinski definition) is 7. The molecule has 3 N–H and O–H groups in total. The van der Waals surface area contributed by atoms with Crippen LogP contribution in [0.3, 0.4) is 0 Å². The third kappa shape index (κ3) is 12.3. The summed E-state index contributed by atoms with van der Waals surface area (Å²) in [4.78, 5) is 66.3. The van der Waals surface area contributed by atoms with Gasteiger partial charge in [-0.3, -0.25) is 34.8 Å². The van der Waals surface area contributed by atoms with Crippen molar-refractivity contribution in [1.29, 1.82) is 0 Å². The van der Waals surface area contributed by atoms with Gasteiger partial charge in [-0.2, -0.15) is 13.2 Å². The van der Waals surface area contributed by atoms with Gasteiger partial charge in [0.1, 0.15) is 17.9 Å². The minimum absolute atomic E-state index is 0.00157. The van der Waals surface area contributed by atoms with Crippen LogP contribution in [0, 0.1) is 6.92 Å². The molecule has 0 unspecified atom stereocenters. The zero-order valence-electron chi connectivity index (χ0n) is 33.0. The van der Waals surface area contributed by atoms with E-state index in [1.54, 1.807) is 45.0 Å². The first kappa shape index (κ1) is 43.2. The highest BCUT2D eigenvalue weighted by Gasteiger charge is 2.34. The van der Waals surface area contributed by atoms with Gasteiger partial charge in [0, 0.05) is 28.9 Å². The van der Waals surface area contributed by atoms with Crippen LogP contribution in [0.5, 0.6) is 5.75 Å². The van der Waals surface area contributed by atoms with Crippen LogP contribution in [0.2, 0.25) is 0 Å². The molecule has 5 aromatic carbocycles. The second-order valence-corrected chi connectivity index (χ2v) is 14.6. The number of nitrogens with zero attached hydrogens (tertiary/aromatic N) is 1. The number of anilines is 1. The molecule has 5 rings (SSSR count). The molecule has 0 saturated heterocycles. The first-order valence-electron chi connectivity index (χ1n) is 18.4. The molecule has 306 valence electrons. The minimum Gasteiger partial charge on any atom is -0.497 e. The molecule has 0 bridgehead atoms. The molecule has 0 heterocycles. The number of halogens is 3. The van der Waals surface area contributed by atoms with Gasteiger partial charge < -0.3 is 19.7 Å². The molecule has 0 spiro atoms. The molecule has 0 aliphatic carbocycles. The van der Waals surface area contributed by atoms with Crippen LogP contribution in [-0.4, -0.2) is 53.8 Å². The monoisotopic (exact) mass is 808 g/mol. The topological polar surface area (TPSA) is 143 Å². The summed E-state index contributed by atoms with van der Waals surface area (Å²) in [6, 6.07) is 30.2. The normalized spacial score (nSPS) is 11.3. The van der Waals surface area contributed by atoms with Gasteiger partial charge in [0.15, 0.2) is 0 Å². The Morgan fingerprint density at radius 1 is 0.678 bits per heavy atom. The lowest BCUT2D eigenvalue weighted by Crippen LogP contribution is -2.41. The van der Waals surface area contributed by atoms with Crippen molar-refractivity contribution >= 4 is 35.3 Å². The van der Waals surface area contributed by atoms with E-state index in [9.17, 15) is 37.1 Å². The number of esters is 1. The van der Waals surface area contributed by atoms with Crippen LogP contribution in [0.15, 0.2) is 115 Å². The summed E-state index contributed by atoms with van der Waals surface area (Å²) in [5.74, 6) is -3.03. The van der Waals surface area contributed by atoms with Crippen molar-refractivity contribution in [2.75, 3.05) is 19.0 Å². The molecule has 0 atom stereocenters. The molecule has 0 aliphatic rings. The summed E-state index contributed by atoms with van der Waals surface area (Å²) < 4.78 is 51.3. The van der Waals surface area contributed by atoms with Crippen molar-refractivity contribution in [2.45, 2.75) is 52.4 Å². The Morgan fingerprint density at radius 3 is 1.73 bits per heavy atom. The molecule has 0 radical (unpaired) electrons. The Balaban J connectivity index is 1.21. The molecule has 59 heavy (non-hydrogen) atoms. The fourth-order valence-electron chi connectivity index (χ4n) is 5.89. The molecule has 4 amide bonds. The number of amides is 4. The van der Waals surface area contributed by atoms with Gasteiger partial charge >= 0.3 is 12.1 Å². The Labute approximate surface area is 339 Å². The van der Waals surface area contributed by atoms with Crippen LogP contribution in [0.1, 0.15) is 74.1 Å². The molecular weight excluding hydrogens is 766 g/mol. The summed E-state index contributed by atoms with van der Waals surface area (Å²) in [5.41, 5.74) is 7.34. The average Bonchev–Trinajstić information content (AvgIpc) is 3.19. The van der Waals surface area contributed by atoms with E-state index in [1.165, 1.54) is 60.5 Å². The zero-order chi connectivity index (χ0) is 42.9. The fourth-order valence-corrected chi connectivity index (χ4v) is 5.89.